The molecule has 1 aromatic heterocycles. The van der Waals surface area contributed by atoms with Gasteiger partial charge in [-0.05, 0) is 58.5 Å². The molecule has 3 heterocycles. The first kappa shape index (κ1) is 15.9. The summed E-state index contributed by atoms with van der Waals surface area (Å²) in [6.45, 7) is 7.30. The van der Waals surface area contributed by atoms with Gasteiger partial charge in [0.2, 0.25) is 0 Å². The van der Waals surface area contributed by atoms with E-state index in [1.165, 1.54) is 56.5 Å². The molecule has 5 heteroatoms. The molecule has 0 aromatic carbocycles. The van der Waals surface area contributed by atoms with Gasteiger partial charge in [0.05, 0.1) is 10.7 Å². The molecule has 4 nitrogen and oxygen atoms in total. The van der Waals surface area contributed by atoms with Crippen LogP contribution in [-0.2, 0) is 0 Å². The summed E-state index contributed by atoms with van der Waals surface area (Å²) in [5, 5.41) is 0.977. The zero-order valence-electron chi connectivity index (χ0n) is 14.0. The lowest BCUT2D eigenvalue weighted by Gasteiger charge is -2.45. The van der Waals surface area contributed by atoms with Gasteiger partial charge in [0.15, 0.2) is 0 Å². The van der Waals surface area contributed by atoms with E-state index in [2.05, 4.69) is 9.88 Å². The second-order valence-corrected chi connectivity index (χ2v) is 8.04. The molecule has 2 atom stereocenters. The first-order valence-corrected chi connectivity index (χ1v) is 9.31. The van der Waals surface area contributed by atoms with Crippen LogP contribution in [0.4, 0.5) is 0 Å². The lowest BCUT2D eigenvalue weighted by atomic mass is 9.83. The average Bonchev–Trinajstić information content (AvgIpc) is 2.85. The molecule has 22 heavy (non-hydrogen) atoms. The fourth-order valence-corrected chi connectivity index (χ4v) is 5.04. The van der Waals surface area contributed by atoms with E-state index in [0.29, 0.717) is 12.0 Å². The second kappa shape index (κ2) is 6.67. The molecule has 3 rings (SSSR count). The van der Waals surface area contributed by atoms with Crippen LogP contribution in [0.5, 0.6) is 0 Å². The average molecular weight is 321 g/mol. The molecule has 2 aliphatic rings. The monoisotopic (exact) mass is 321 g/mol. The molecule has 0 N–H and O–H groups in total. The molecule has 0 bridgehead atoms. The lowest BCUT2D eigenvalue weighted by Crippen LogP contribution is -2.51. The van der Waals surface area contributed by atoms with E-state index in [1.807, 2.05) is 25.8 Å². The first-order valence-electron chi connectivity index (χ1n) is 8.50. The van der Waals surface area contributed by atoms with E-state index in [1.54, 1.807) is 0 Å². The van der Waals surface area contributed by atoms with E-state index in [0.717, 1.165) is 22.1 Å². The number of rotatable bonds is 3. The topological polar surface area (TPSA) is 36.4 Å². The number of carbonyl (C=O) groups is 1. The molecule has 122 valence electrons. The van der Waals surface area contributed by atoms with Crippen molar-refractivity contribution in [1.29, 1.82) is 0 Å². The summed E-state index contributed by atoms with van der Waals surface area (Å²) >= 11 is 1.52. The van der Waals surface area contributed by atoms with E-state index in [9.17, 15) is 4.79 Å². The number of amides is 1. The molecule has 0 aliphatic carbocycles. The first-order chi connectivity index (χ1) is 10.6. The number of aryl methyl sites for hydroxylation is 2. The molecule has 1 amide bonds. The van der Waals surface area contributed by atoms with Crippen LogP contribution in [0.25, 0.3) is 0 Å². The van der Waals surface area contributed by atoms with Crippen LogP contribution in [0.3, 0.4) is 0 Å². The molecule has 1 aromatic rings. The Bertz CT molecular complexity index is 540. The number of hydrogen-bond donors (Lipinski definition) is 0. The summed E-state index contributed by atoms with van der Waals surface area (Å²) in [4.78, 5) is 22.5. The van der Waals surface area contributed by atoms with Gasteiger partial charge in [0, 0.05) is 19.6 Å². The molecular formula is C17H27N3OS. The van der Waals surface area contributed by atoms with Crippen LogP contribution in [0, 0.1) is 19.8 Å². The number of carbonyl (C=O) groups excluding carboxylic acids is 1. The van der Waals surface area contributed by atoms with Crippen LogP contribution in [0.1, 0.15) is 52.5 Å². The van der Waals surface area contributed by atoms with Crippen LogP contribution in [0.15, 0.2) is 0 Å². The predicted molar refractivity (Wildman–Crippen MR) is 90.5 cm³/mol. The maximum Gasteiger partial charge on any atom is 0.265 e. The maximum atomic E-state index is 12.7. The van der Waals surface area contributed by atoms with Gasteiger partial charge in [-0.25, -0.2) is 4.98 Å². The largest absolute Gasteiger partial charge is 0.341 e. The number of thiazole rings is 1. The highest BCUT2D eigenvalue weighted by Gasteiger charge is 2.34. The van der Waals surface area contributed by atoms with Crippen LogP contribution < -0.4 is 0 Å². The van der Waals surface area contributed by atoms with E-state index in [-0.39, 0.29) is 5.91 Å². The molecule has 0 unspecified atom stereocenters. The standard InChI is InChI=1S/C17H27N3OS/c1-12-16(22-13(2)18-12)17(21)19(3)11-14-7-6-10-20-9-5-4-8-15(14)20/h14-15H,4-11H2,1-3H3/t14-,15+/m0/s1. The molecule has 0 spiro atoms. The van der Waals surface area contributed by atoms with E-state index < -0.39 is 0 Å². The van der Waals surface area contributed by atoms with Gasteiger partial charge in [0.1, 0.15) is 4.88 Å². The second-order valence-electron chi connectivity index (χ2n) is 6.83. The summed E-state index contributed by atoms with van der Waals surface area (Å²) in [7, 11) is 1.96. The highest BCUT2D eigenvalue weighted by atomic mass is 32.1. The Labute approximate surface area is 137 Å². The van der Waals surface area contributed by atoms with Crippen molar-refractivity contribution in [2.75, 3.05) is 26.7 Å². The maximum absolute atomic E-state index is 12.7. The summed E-state index contributed by atoms with van der Waals surface area (Å²) in [5.41, 5.74) is 0.877. The Morgan fingerprint density at radius 1 is 1.27 bits per heavy atom. The third kappa shape index (κ3) is 3.20. The van der Waals surface area contributed by atoms with Gasteiger partial charge in [-0.2, -0.15) is 0 Å². The fourth-order valence-electron chi connectivity index (χ4n) is 4.13. The minimum atomic E-state index is 0.149. The highest BCUT2D eigenvalue weighted by molar-refractivity contribution is 7.13. The number of piperidine rings is 2. The van der Waals surface area contributed by atoms with Crippen LogP contribution >= 0.6 is 11.3 Å². The number of hydrogen-bond acceptors (Lipinski definition) is 4. The molecule has 0 radical (unpaired) electrons. The lowest BCUT2D eigenvalue weighted by molar-refractivity contribution is 0.0404. The Hall–Kier alpha value is -0.940. The third-order valence-electron chi connectivity index (χ3n) is 5.18. The Morgan fingerprint density at radius 3 is 2.77 bits per heavy atom. The summed E-state index contributed by atoms with van der Waals surface area (Å²) in [5.74, 6) is 0.786. The molecular weight excluding hydrogens is 294 g/mol. The van der Waals surface area contributed by atoms with Crippen molar-refractivity contribution in [1.82, 2.24) is 14.8 Å². The SMILES string of the molecule is Cc1nc(C)c(C(=O)N(C)C[C@@H]2CCCN3CCCC[C@H]23)s1. The smallest absolute Gasteiger partial charge is 0.265 e. The zero-order valence-corrected chi connectivity index (χ0v) is 14.8. The van der Waals surface area contributed by atoms with Crippen molar-refractivity contribution < 1.29 is 4.79 Å². The highest BCUT2D eigenvalue weighted by Crippen LogP contribution is 2.31. The Balaban J connectivity index is 1.66. The summed E-state index contributed by atoms with van der Waals surface area (Å²) < 4.78 is 0. The Morgan fingerprint density at radius 2 is 2.05 bits per heavy atom. The minimum Gasteiger partial charge on any atom is -0.341 e. The Kier molecular flexibility index (Phi) is 4.83. The summed E-state index contributed by atoms with van der Waals surface area (Å²) in [6, 6.07) is 0.696. The zero-order chi connectivity index (χ0) is 15.7. The molecule has 2 fully saturated rings. The number of aromatic nitrogens is 1. The van der Waals surface area contributed by atoms with Crippen molar-refractivity contribution in [3.8, 4) is 0 Å². The van der Waals surface area contributed by atoms with Crippen LogP contribution in [0.2, 0.25) is 0 Å². The quantitative estimate of drug-likeness (QED) is 0.858. The van der Waals surface area contributed by atoms with Gasteiger partial charge >= 0.3 is 0 Å². The molecule has 2 saturated heterocycles. The minimum absolute atomic E-state index is 0.149. The van der Waals surface area contributed by atoms with E-state index >= 15 is 0 Å². The van der Waals surface area contributed by atoms with Crippen molar-refractivity contribution >= 4 is 17.2 Å². The van der Waals surface area contributed by atoms with Crippen molar-refractivity contribution in [2.45, 2.75) is 52.0 Å². The number of nitrogens with zero attached hydrogens (tertiary/aromatic N) is 3. The molecule has 0 saturated carbocycles. The van der Waals surface area contributed by atoms with Gasteiger partial charge in [0.25, 0.3) is 5.91 Å². The normalized spacial score (nSPS) is 25.8. The van der Waals surface area contributed by atoms with Crippen molar-refractivity contribution in [2.24, 2.45) is 5.92 Å². The van der Waals surface area contributed by atoms with Gasteiger partial charge in [-0.1, -0.05) is 6.42 Å². The predicted octanol–water partition coefficient (Wildman–Crippen LogP) is 3.10. The fraction of sp³-hybridized carbons (Fsp3) is 0.765. The number of fused-ring (bicyclic) bond motifs is 1. The third-order valence-corrected chi connectivity index (χ3v) is 6.24. The van der Waals surface area contributed by atoms with Gasteiger partial charge < -0.3 is 9.80 Å². The van der Waals surface area contributed by atoms with Gasteiger partial charge in [-0.3, -0.25) is 4.79 Å². The summed E-state index contributed by atoms with van der Waals surface area (Å²) in [6.07, 6.45) is 6.55. The van der Waals surface area contributed by atoms with Gasteiger partial charge in [-0.15, -0.1) is 11.3 Å². The molecule has 2 aliphatic heterocycles. The van der Waals surface area contributed by atoms with Crippen LogP contribution in [-0.4, -0.2) is 53.4 Å². The van der Waals surface area contributed by atoms with E-state index in [4.69, 9.17) is 0 Å². The van der Waals surface area contributed by atoms with Crippen molar-refractivity contribution in [3.63, 3.8) is 0 Å². The van der Waals surface area contributed by atoms with Crippen molar-refractivity contribution in [3.05, 3.63) is 15.6 Å².